The van der Waals surface area contributed by atoms with E-state index in [0.717, 1.165) is 6.42 Å². The van der Waals surface area contributed by atoms with Crippen molar-refractivity contribution in [2.45, 2.75) is 27.2 Å². The number of nitrogens with zero attached hydrogens (tertiary/aromatic N) is 2. The van der Waals surface area contributed by atoms with E-state index in [-0.39, 0.29) is 5.69 Å². The first-order chi connectivity index (χ1) is 9.00. The van der Waals surface area contributed by atoms with Crippen LogP contribution in [0.2, 0.25) is 0 Å². The number of rotatable bonds is 5. The molecule has 0 aliphatic heterocycles. The molecule has 0 amide bonds. The molecule has 19 heavy (non-hydrogen) atoms. The Kier molecular flexibility index (Phi) is 3.74. The van der Waals surface area contributed by atoms with E-state index < -0.39 is 5.97 Å². The highest BCUT2D eigenvalue weighted by Gasteiger charge is 2.17. The molecule has 2 heterocycles. The summed E-state index contributed by atoms with van der Waals surface area (Å²) in [6, 6.07) is 3.58. The van der Waals surface area contributed by atoms with Crippen LogP contribution >= 0.6 is 0 Å². The lowest BCUT2D eigenvalue weighted by atomic mass is 10.1. The second-order valence-electron chi connectivity index (χ2n) is 4.95. The summed E-state index contributed by atoms with van der Waals surface area (Å²) in [6.45, 7) is 6.55. The Morgan fingerprint density at radius 1 is 1.53 bits per heavy atom. The van der Waals surface area contributed by atoms with E-state index in [2.05, 4.69) is 18.8 Å². The normalized spacial score (nSPS) is 11.2. The number of hydrogen-bond acceptors (Lipinski definition) is 3. The zero-order valence-electron chi connectivity index (χ0n) is 11.4. The van der Waals surface area contributed by atoms with Gasteiger partial charge in [0.2, 0.25) is 0 Å². The number of imidazole rings is 1. The number of aromatic nitrogens is 2. The van der Waals surface area contributed by atoms with E-state index in [1.165, 1.54) is 0 Å². The van der Waals surface area contributed by atoms with Crippen molar-refractivity contribution in [2.24, 2.45) is 5.92 Å². The predicted molar refractivity (Wildman–Crippen MR) is 71.8 cm³/mol. The maximum absolute atomic E-state index is 11.2. The van der Waals surface area contributed by atoms with Gasteiger partial charge in [-0.1, -0.05) is 13.8 Å². The summed E-state index contributed by atoms with van der Waals surface area (Å²) in [5.41, 5.74) is 1.23. The Balaban J connectivity index is 2.36. The number of aryl methyl sites for hydroxylation is 1. The predicted octanol–water partition coefficient (Wildman–Crippen LogP) is 2.77. The molecule has 0 radical (unpaired) electrons. The monoisotopic (exact) mass is 262 g/mol. The van der Waals surface area contributed by atoms with Crippen molar-refractivity contribution in [3.8, 4) is 5.75 Å². The summed E-state index contributed by atoms with van der Waals surface area (Å²) < 4.78 is 7.26. The number of carboxylic acid groups (broad SMARTS) is 1. The number of fused-ring (bicyclic) bond motifs is 1. The topological polar surface area (TPSA) is 63.8 Å². The number of carbonyl (C=O) groups is 1. The van der Waals surface area contributed by atoms with Crippen molar-refractivity contribution in [1.82, 2.24) is 9.38 Å². The van der Waals surface area contributed by atoms with Gasteiger partial charge in [-0.2, -0.15) is 0 Å². The van der Waals surface area contributed by atoms with Crippen LogP contribution in [0.15, 0.2) is 18.3 Å². The van der Waals surface area contributed by atoms with Gasteiger partial charge in [-0.05, 0) is 31.4 Å². The van der Waals surface area contributed by atoms with Crippen molar-refractivity contribution in [3.05, 3.63) is 29.7 Å². The SMILES string of the molecule is Cc1nc2c(OCCC(C)C)cccn2c1C(=O)O. The Morgan fingerprint density at radius 2 is 2.26 bits per heavy atom. The Morgan fingerprint density at radius 3 is 2.89 bits per heavy atom. The molecule has 0 aliphatic carbocycles. The quantitative estimate of drug-likeness (QED) is 0.899. The van der Waals surface area contributed by atoms with Gasteiger partial charge in [0.25, 0.3) is 0 Å². The Bertz CT molecular complexity index is 602. The fraction of sp³-hybridized carbons (Fsp3) is 0.429. The van der Waals surface area contributed by atoms with Gasteiger partial charge in [0.05, 0.1) is 12.3 Å². The highest BCUT2D eigenvalue weighted by molar-refractivity contribution is 5.88. The van der Waals surface area contributed by atoms with Crippen molar-refractivity contribution < 1.29 is 14.6 Å². The van der Waals surface area contributed by atoms with Crippen LogP contribution in [0.4, 0.5) is 0 Å². The molecular formula is C14H18N2O3. The van der Waals surface area contributed by atoms with Crippen LogP contribution < -0.4 is 4.74 Å². The molecule has 0 atom stereocenters. The lowest BCUT2D eigenvalue weighted by Gasteiger charge is -2.09. The number of ether oxygens (including phenoxy) is 1. The maximum atomic E-state index is 11.2. The summed E-state index contributed by atoms with van der Waals surface area (Å²) in [7, 11) is 0. The van der Waals surface area contributed by atoms with Gasteiger partial charge in [-0.25, -0.2) is 9.78 Å². The van der Waals surface area contributed by atoms with E-state index in [9.17, 15) is 9.90 Å². The Hall–Kier alpha value is -2.04. The molecule has 2 rings (SSSR count). The summed E-state index contributed by atoms with van der Waals surface area (Å²) in [4.78, 5) is 15.5. The molecule has 5 nitrogen and oxygen atoms in total. The van der Waals surface area contributed by atoms with Crippen LogP contribution in [-0.2, 0) is 0 Å². The molecule has 0 spiro atoms. The van der Waals surface area contributed by atoms with Gasteiger partial charge in [0.1, 0.15) is 0 Å². The largest absolute Gasteiger partial charge is 0.490 e. The van der Waals surface area contributed by atoms with E-state index in [4.69, 9.17) is 4.74 Å². The van der Waals surface area contributed by atoms with Crippen LogP contribution in [0.1, 0.15) is 36.5 Å². The summed E-state index contributed by atoms with van der Waals surface area (Å²) in [5, 5.41) is 9.19. The van der Waals surface area contributed by atoms with E-state index in [1.807, 2.05) is 6.07 Å². The first-order valence-corrected chi connectivity index (χ1v) is 6.34. The highest BCUT2D eigenvalue weighted by Crippen LogP contribution is 2.22. The van der Waals surface area contributed by atoms with Crippen molar-refractivity contribution >= 4 is 11.6 Å². The number of aromatic carboxylic acids is 1. The minimum Gasteiger partial charge on any atom is -0.490 e. The third-order valence-corrected chi connectivity index (χ3v) is 2.94. The lowest BCUT2D eigenvalue weighted by Crippen LogP contribution is -2.05. The first-order valence-electron chi connectivity index (χ1n) is 6.34. The van der Waals surface area contributed by atoms with Crippen LogP contribution in [0.25, 0.3) is 5.65 Å². The van der Waals surface area contributed by atoms with Crippen LogP contribution in [0.5, 0.6) is 5.75 Å². The molecule has 0 saturated carbocycles. The Labute approximate surface area is 111 Å². The second-order valence-corrected chi connectivity index (χ2v) is 4.95. The number of pyridine rings is 1. The molecule has 5 heteroatoms. The van der Waals surface area contributed by atoms with Gasteiger partial charge in [0.15, 0.2) is 17.1 Å². The molecule has 2 aromatic heterocycles. The molecule has 0 aliphatic rings. The van der Waals surface area contributed by atoms with Crippen molar-refractivity contribution in [3.63, 3.8) is 0 Å². The zero-order valence-corrected chi connectivity index (χ0v) is 11.4. The van der Waals surface area contributed by atoms with Crippen LogP contribution in [0, 0.1) is 12.8 Å². The fourth-order valence-corrected chi connectivity index (χ4v) is 1.93. The van der Waals surface area contributed by atoms with Crippen LogP contribution in [-0.4, -0.2) is 27.1 Å². The standard InChI is InChI=1S/C14H18N2O3/c1-9(2)6-8-19-11-5-4-7-16-12(14(17)18)10(3)15-13(11)16/h4-5,7,9H,6,8H2,1-3H3,(H,17,18). The molecule has 0 bridgehead atoms. The molecule has 102 valence electrons. The third kappa shape index (κ3) is 2.70. The van der Waals surface area contributed by atoms with Crippen molar-refractivity contribution in [1.29, 1.82) is 0 Å². The van der Waals surface area contributed by atoms with Gasteiger partial charge in [-0.15, -0.1) is 0 Å². The zero-order chi connectivity index (χ0) is 14.0. The fourth-order valence-electron chi connectivity index (χ4n) is 1.93. The average molecular weight is 262 g/mol. The minimum atomic E-state index is -0.982. The molecule has 0 aromatic carbocycles. The average Bonchev–Trinajstić information content (AvgIpc) is 2.65. The van der Waals surface area contributed by atoms with Gasteiger partial charge in [-0.3, -0.25) is 4.40 Å². The lowest BCUT2D eigenvalue weighted by molar-refractivity contribution is 0.0688. The van der Waals surface area contributed by atoms with Crippen LogP contribution in [0.3, 0.4) is 0 Å². The molecule has 2 aromatic rings. The maximum Gasteiger partial charge on any atom is 0.354 e. The van der Waals surface area contributed by atoms with E-state index in [1.54, 1.807) is 23.6 Å². The van der Waals surface area contributed by atoms with Crippen molar-refractivity contribution in [2.75, 3.05) is 6.61 Å². The molecule has 0 saturated heterocycles. The molecular weight excluding hydrogens is 244 g/mol. The summed E-state index contributed by atoms with van der Waals surface area (Å²) >= 11 is 0. The highest BCUT2D eigenvalue weighted by atomic mass is 16.5. The second kappa shape index (κ2) is 5.30. The van der Waals surface area contributed by atoms with Gasteiger partial charge in [0, 0.05) is 6.20 Å². The summed E-state index contributed by atoms with van der Waals surface area (Å²) in [6.07, 6.45) is 2.64. The first kappa shape index (κ1) is 13.4. The van der Waals surface area contributed by atoms with Gasteiger partial charge < -0.3 is 9.84 Å². The van der Waals surface area contributed by atoms with E-state index >= 15 is 0 Å². The molecule has 1 N–H and O–H groups in total. The molecule has 0 fully saturated rings. The van der Waals surface area contributed by atoms with Gasteiger partial charge >= 0.3 is 5.97 Å². The third-order valence-electron chi connectivity index (χ3n) is 2.94. The summed E-state index contributed by atoms with van der Waals surface area (Å²) in [5.74, 6) is 0.207. The molecule has 0 unspecified atom stereocenters. The smallest absolute Gasteiger partial charge is 0.354 e. The number of carboxylic acids is 1. The number of hydrogen-bond donors (Lipinski definition) is 1. The minimum absolute atomic E-state index is 0.185. The van der Waals surface area contributed by atoms with E-state index in [0.29, 0.717) is 29.6 Å².